The first-order valence-corrected chi connectivity index (χ1v) is 9.27. The molecule has 0 aliphatic carbocycles. The molecule has 1 saturated heterocycles. The number of carbonyl (C=O) groups excluding carboxylic acids is 1. The molecular formula is C20H28N4O2+2. The van der Waals surface area contributed by atoms with Crippen molar-refractivity contribution in [3.05, 3.63) is 48.7 Å². The molecule has 1 aromatic carbocycles. The first kappa shape index (κ1) is 18.2. The molecule has 1 aliphatic rings. The van der Waals surface area contributed by atoms with Crippen LogP contribution in [0.2, 0.25) is 0 Å². The zero-order chi connectivity index (χ0) is 18.4. The van der Waals surface area contributed by atoms with Crippen LogP contribution in [0.4, 0.5) is 11.5 Å². The number of quaternary nitrogens is 1. The van der Waals surface area contributed by atoms with E-state index in [0.29, 0.717) is 6.61 Å². The van der Waals surface area contributed by atoms with Gasteiger partial charge in [0.1, 0.15) is 31.9 Å². The summed E-state index contributed by atoms with van der Waals surface area (Å²) in [5.41, 5.74) is 0.808. The van der Waals surface area contributed by atoms with Crippen LogP contribution in [-0.4, -0.2) is 44.7 Å². The number of benzene rings is 1. The summed E-state index contributed by atoms with van der Waals surface area (Å²) in [4.78, 5) is 19.5. The molecule has 2 aromatic rings. The molecule has 6 nitrogen and oxygen atoms in total. The van der Waals surface area contributed by atoms with Gasteiger partial charge in [-0.05, 0) is 44.2 Å². The fourth-order valence-corrected chi connectivity index (χ4v) is 3.29. The number of aromatic nitrogens is 1. The van der Waals surface area contributed by atoms with Gasteiger partial charge in [0.2, 0.25) is 0 Å². The Morgan fingerprint density at radius 3 is 2.58 bits per heavy atom. The third-order valence-corrected chi connectivity index (χ3v) is 4.88. The first-order valence-electron chi connectivity index (χ1n) is 9.27. The van der Waals surface area contributed by atoms with E-state index in [-0.39, 0.29) is 11.9 Å². The highest BCUT2D eigenvalue weighted by Gasteiger charge is 2.32. The van der Waals surface area contributed by atoms with Crippen molar-refractivity contribution in [2.75, 3.05) is 43.0 Å². The highest BCUT2D eigenvalue weighted by atomic mass is 16.5. The third kappa shape index (κ3) is 4.52. The van der Waals surface area contributed by atoms with Gasteiger partial charge in [0.25, 0.3) is 11.7 Å². The maximum atomic E-state index is 12.6. The summed E-state index contributed by atoms with van der Waals surface area (Å²) in [5, 5.41) is 3.02. The SMILES string of the molecule is CCOc1ccc(NC(=O)[C@H](C)[NH+]2CCN(c3cccc[nH+]3)CC2)cc1. The van der Waals surface area contributed by atoms with Crippen LogP contribution in [0.3, 0.4) is 0 Å². The number of hydrogen-bond donors (Lipinski definition) is 2. The molecule has 1 amide bonds. The second-order valence-corrected chi connectivity index (χ2v) is 6.56. The zero-order valence-corrected chi connectivity index (χ0v) is 15.5. The summed E-state index contributed by atoms with van der Waals surface area (Å²) in [6.07, 6.45) is 1.95. The Hall–Kier alpha value is -2.60. The molecular weight excluding hydrogens is 328 g/mol. The maximum absolute atomic E-state index is 12.6. The van der Waals surface area contributed by atoms with E-state index in [9.17, 15) is 4.79 Å². The number of anilines is 2. The number of ether oxygens (including phenoxy) is 1. The standard InChI is InChI=1S/C20H26N4O2/c1-3-26-18-9-7-17(8-10-18)22-20(25)16(2)23-12-14-24(15-13-23)19-6-4-5-11-21-19/h4-11,16H,3,12-15H2,1-2H3,(H,22,25)/p+2/t16-/m0/s1. The van der Waals surface area contributed by atoms with Crippen LogP contribution in [0.1, 0.15) is 13.8 Å². The summed E-state index contributed by atoms with van der Waals surface area (Å²) >= 11 is 0. The summed E-state index contributed by atoms with van der Waals surface area (Å²) < 4.78 is 5.43. The first-order chi connectivity index (χ1) is 12.7. The minimum absolute atomic E-state index is 0.0592. The van der Waals surface area contributed by atoms with Crippen molar-refractivity contribution in [1.82, 2.24) is 0 Å². The lowest BCUT2D eigenvalue weighted by atomic mass is 10.2. The summed E-state index contributed by atoms with van der Waals surface area (Å²) in [6.45, 7) is 8.37. The van der Waals surface area contributed by atoms with Crippen LogP contribution in [-0.2, 0) is 4.79 Å². The lowest BCUT2D eigenvalue weighted by Crippen LogP contribution is -3.19. The molecule has 26 heavy (non-hydrogen) atoms. The fraction of sp³-hybridized carbons (Fsp3) is 0.400. The van der Waals surface area contributed by atoms with Crippen molar-refractivity contribution in [3.8, 4) is 5.75 Å². The summed E-state index contributed by atoms with van der Waals surface area (Å²) in [7, 11) is 0. The minimum atomic E-state index is -0.0801. The number of pyridine rings is 1. The van der Waals surface area contributed by atoms with Gasteiger partial charge in [0.15, 0.2) is 6.04 Å². The van der Waals surface area contributed by atoms with E-state index in [2.05, 4.69) is 21.3 Å². The molecule has 0 radical (unpaired) electrons. The van der Waals surface area contributed by atoms with Crippen LogP contribution < -0.4 is 24.8 Å². The topological polar surface area (TPSA) is 60.1 Å². The van der Waals surface area contributed by atoms with E-state index in [4.69, 9.17) is 4.74 Å². The van der Waals surface area contributed by atoms with E-state index >= 15 is 0 Å². The summed E-state index contributed by atoms with van der Waals surface area (Å²) in [6, 6.07) is 13.6. The number of amides is 1. The van der Waals surface area contributed by atoms with E-state index < -0.39 is 0 Å². The molecule has 0 saturated carbocycles. The Balaban J connectivity index is 1.51. The van der Waals surface area contributed by atoms with Gasteiger partial charge in [-0.1, -0.05) is 6.07 Å². The van der Waals surface area contributed by atoms with Crippen LogP contribution >= 0.6 is 0 Å². The average Bonchev–Trinajstić information content (AvgIpc) is 2.70. The molecule has 1 aromatic heterocycles. The van der Waals surface area contributed by atoms with Gasteiger partial charge >= 0.3 is 0 Å². The normalized spacial score (nSPS) is 16.2. The van der Waals surface area contributed by atoms with E-state index in [0.717, 1.165) is 43.4 Å². The van der Waals surface area contributed by atoms with Crippen molar-refractivity contribution >= 4 is 17.4 Å². The number of hydrogen-bond acceptors (Lipinski definition) is 3. The zero-order valence-electron chi connectivity index (χ0n) is 15.5. The van der Waals surface area contributed by atoms with E-state index in [1.807, 2.05) is 56.4 Å². The van der Waals surface area contributed by atoms with Crippen LogP contribution in [0.15, 0.2) is 48.7 Å². The smallest absolute Gasteiger partial charge is 0.282 e. The Labute approximate surface area is 154 Å². The average molecular weight is 356 g/mol. The molecule has 0 unspecified atom stereocenters. The van der Waals surface area contributed by atoms with E-state index in [1.54, 1.807) is 0 Å². The van der Waals surface area contributed by atoms with Gasteiger partial charge in [0.05, 0.1) is 12.8 Å². The van der Waals surface area contributed by atoms with Gasteiger partial charge in [-0.3, -0.25) is 9.69 Å². The molecule has 0 spiro atoms. The van der Waals surface area contributed by atoms with Gasteiger partial charge < -0.3 is 15.0 Å². The number of nitrogens with zero attached hydrogens (tertiary/aromatic N) is 1. The molecule has 2 heterocycles. The number of aromatic amines is 1. The molecule has 138 valence electrons. The Morgan fingerprint density at radius 1 is 1.23 bits per heavy atom. The lowest BCUT2D eigenvalue weighted by molar-refractivity contribution is -0.914. The Bertz CT molecular complexity index is 698. The maximum Gasteiger partial charge on any atom is 0.282 e. The number of nitrogens with one attached hydrogen (secondary N) is 3. The lowest BCUT2D eigenvalue weighted by Gasteiger charge is -2.31. The minimum Gasteiger partial charge on any atom is -0.494 e. The Morgan fingerprint density at radius 2 is 1.96 bits per heavy atom. The number of piperazine rings is 1. The van der Waals surface area contributed by atoms with Crippen LogP contribution in [0, 0.1) is 0 Å². The second-order valence-electron chi connectivity index (χ2n) is 6.56. The van der Waals surface area contributed by atoms with Gasteiger partial charge in [-0.25, -0.2) is 4.98 Å². The molecule has 3 rings (SSSR count). The summed E-state index contributed by atoms with van der Waals surface area (Å²) in [5.74, 6) is 2.01. The molecule has 1 atom stereocenters. The fourth-order valence-electron chi connectivity index (χ4n) is 3.29. The van der Waals surface area contributed by atoms with Crippen molar-refractivity contribution in [1.29, 1.82) is 0 Å². The molecule has 0 bridgehead atoms. The van der Waals surface area contributed by atoms with Gasteiger partial charge in [0, 0.05) is 11.8 Å². The third-order valence-electron chi connectivity index (χ3n) is 4.88. The molecule has 3 N–H and O–H groups in total. The molecule has 1 aliphatic heterocycles. The van der Waals surface area contributed by atoms with Crippen LogP contribution in [0.25, 0.3) is 0 Å². The van der Waals surface area contributed by atoms with Gasteiger partial charge in [-0.15, -0.1) is 0 Å². The quantitative estimate of drug-likeness (QED) is 0.798. The van der Waals surface area contributed by atoms with Crippen molar-refractivity contribution in [2.45, 2.75) is 19.9 Å². The van der Waals surface area contributed by atoms with Crippen molar-refractivity contribution < 1.29 is 19.4 Å². The van der Waals surface area contributed by atoms with Gasteiger partial charge in [-0.2, -0.15) is 0 Å². The highest BCUT2D eigenvalue weighted by Crippen LogP contribution is 2.15. The van der Waals surface area contributed by atoms with Crippen molar-refractivity contribution in [3.63, 3.8) is 0 Å². The number of H-pyrrole nitrogens is 1. The Kier molecular flexibility index (Phi) is 6.07. The number of carbonyl (C=O) groups is 1. The molecule has 6 heteroatoms. The highest BCUT2D eigenvalue weighted by molar-refractivity contribution is 5.93. The predicted molar refractivity (Wildman–Crippen MR) is 102 cm³/mol. The largest absolute Gasteiger partial charge is 0.494 e. The second kappa shape index (κ2) is 8.67. The number of rotatable bonds is 6. The van der Waals surface area contributed by atoms with Crippen LogP contribution in [0.5, 0.6) is 5.75 Å². The van der Waals surface area contributed by atoms with E-state index in [1.165, 1.54) is 4.90 Å². The predicted octanol–water partition coefficient (Wildman–Crippen LogP) is 0.632. The monoisotopic (exact) mass is 356 g/mol. The molecule has 1 fully saturated rings. The van der Waals surface area contributed by atoms with Crippen molar-refractivity contribution in [2.24, 2.45) is 0 Å².